The predicted molar refractivity (Wildman–Crippen MR) is 34.4 cm³/mol. The van der Waals surface area contributed by atoms with E-state index in [1.807, 2.05) is 0 Å². The van der Waals surface area contributed by atoms with Crippen LogP contribution in [0, 0.1) is 0 Å². The molecule has 1 aliphatic rings. The molecular weight excluding hydrogens is 134 g/mol. The number of azide groups is 1. The molecule has 0 aromatic rings. The average Bonchev–Trinajstić information content (AvgIpc) is 1.94. The van der Waals surface area contributed by atoms with Crippen LogP contribution in [0.4, 0.5) is 0 Å². The first kappa shape index (κ1) is 7.34. The maximum Gasteiger partial charge on any atom is 0.0859 e. The summed E-state index contributed by atoms with van der Waals surface area (Å²) in [5.41, 5.74) is 8.04. The Bertz CT molecular complexity index is 155. The van der Waals surface area contributed by atoms with Gasteiger partial charge in [-0.25, -0.2) is 0 Å². The van der Waals surface area contributed by atoms with E-state index in [-0.39, 0.29) is 12.6 Å². The number of rotatable bonds is 1. The van der Waals surface area contributed by atoms with Crippen molar-refractivity contribution in [2.45, 2.75) is 18.6 Å². The Morgan fingerprint density at radius 2 is 2.50 bits per heavy atom. The number of ether oxygens (including phenoxy) is 1. The molecule has 1 rings (SSSR count). The zero-order chi connectivity index (χ0) is 7.40. The molecule has 5 heteroatoms. The molecule has 1 saturated heterocycles. The Hall–Kier alpha value is -0.770. The fraction of sp³-hybridized carbons (Fsp3) is 1.00. The van der Waals surface area contributed by atoms with Gasteiger partial charge in [0, 0.05) is 11.5 Å². The third kappa shape index (κ3) is 1.60. The lowest BCUT2D eigenvalue weighted by atomic mass is 10.1. The number of hydrogen-bond acceptors (Lipinski definition) is 3. The van der Waals surface area contributed by atoms with Crippen LogP contribution in [0.25, 0.3) is 10.4 Å². The van der Waals surface area contributed by atoms with Crippen molar-refractivity contribution in [1.29, 1.82) is 0 Å². The zero-order valence-corrected chi connectivity index (χ0v) is 5.47. The monoisotopic (exact) mass is 143 g/mol. The van der Waals surface area contributed by atoms with Crippen LogP contribution < -0.4 is 0 Å². The summed E-state index contributed by atoms with van der Waals surface area (Å²) in [4.78, 5) is 2.62. The van der Waals surface area contributed by atoms with Crippen LogP contribution in [0.3, 0.4) is 0 Å². The molecule has 0 radical (unpaired) electrons. The van der Waals surface area contributed by atoms with Gasteiger partial charge in [-0.15, -0.1) is 0 Å². The van der Waals surface area contributed by atoms with Gasteiger partial charge in [0.25, 0.3) is 0 Å². The second-order valence-corrected chi connectivity index (χ2v) is 2.20. The van der Waals surface area contributed by atoms with E-state index in [0.717, 1.165) is 0 Å². The molecule has 1 aliphatic heterocycles. The highest BCUT2D eigenvalue weighted by Crippen LogP contribution is 2.10. The van der Waals surface area contributed by atoms with Crippen LogP contribution >= 0.6 is 0 Å². The van der Waals surface area contributed by atoms with Crippen molar-refractivity contribution in [3.8, 4) is 0 Å². The second-order valence-electron chi connectivity index (χ2n) is 2.20. The van der Waals surface area contributed by atoms with Gasteiger partial charge in [0.1, 0.15) is 0 Å². The molecule has 0 aromatic carbocycles. The summed E-state index contributed by atoms with van der Waals surface area (Å²) < 4.78 is 4.92. The van der Waals surface area contributed by atoms with Gasteiger partial charge in [-0.3, -0.25) is 0 Å². The van der Waals surface area contributed by atoms with Crippen molar-refractivity contribution in [3.05, 3.63) is 10.4 Å². The molecule has 2 atom stereocenters. The maximum atomic E-state index is 9.11. The topological polar surface area (TPSA) is 78.2 Å². The van der Waals surface area contributed by atoms with Crippen molar-refractivity contribution in [3.63, 3.8) is 0 Å². The molecule has 56 valence electrons. The largest absolute Gasteiger partial charge is 0.390 e. The van der Waals surface area contributed by atoms with Gasteiger partial charge in [-0.2, -0.15) is 0 Å². The predicted octanol–water partition coefficient (Wildman–Crippen LogP) is 0.447. The van der Waals surface area contributed by atoms with E-state index >= 15 is 0 Å². The van der Waals surface area contributed by atoms with E-state index in [0.29, 0.717) is 13.0 Å². The van der Waals surface area contributed by atoms with Crippen LogP contribution in [0.5, 0.6) is 0 Å². The molecular formula is C5H9N3O2. The van der Waals surface area contributed by atoms with Crippen LogP contribution in [0.1, 0.15) is 6.42 Å². The minimum absolute atomic E-state index is 0.281. The van der Waals surface area contributed by atoms with Gasteiger partial charge in [-0.05, 0) is 12.0 Å². The SMILES string of the molecule is [N-]=[N+]=N[C@H]1CCOC[C@H]1O. The van der Waals surface area contributed by atoms with E-state index in [2.05, 4.69) is 10.0 Å². The first-order valence-corrected chi connectivity index (χ1v) is 3.14. The Kier molecular flexibility index (Phi) is 2.50. The van der Waals surface area contributed by atoms with E-state index in [9.17, 15) is 0 Å². The molecule has 0 bridgehead atoms. The van der Waals surface area contributed by atoms with E-state index in [1.165, 1.54) is 0 Å². The van der Waals surface area contributed by atoms with Crippen LogP contribution in [-0.4, -0.2) is 30.5 Å². The molecule has 0 spiro atoms. The molecule has 0 aliphatic carbocycles. The van der Waals surface area contributed by atoms with Gasteiger partial charge in [0.05, 0.1) is 18.8 Å². The summed E-state index contributed by atoms with van der Waals surface area (Å²) in [5, 5.41) is 12.5. The highest BCUT2D eigenvalue weighted by atomic mass is 16.5. The van der Waals surface area contributed by atoms with Gasteiger partial charge < -0.3 is 9.84 Å². The molecule has 0 saturated carbocycles. The number of nitrogens with zero attached hydrogens (tertiary/aromatic N) is 3. The first-order chi connectivity index (χ1) is 4.84. The normalized spacial score (nSPS) is 32.9. The Labute approximate surface area is 58.2 Å². The molecule has 0 amide bonds. The Morgan fingerprint density at radius 3 is 3.10 bits per heavy atom. The van der Waals surface area contributed by atoms with E-state index in [4.69, 9.17) is 15.4 Å². The van der Waals surface area contributed by atoms with Crippen molar-refractivity contribution in [2.75, 3.05) is 13.2 Å². The van der Waals surface area contributed by atoms with Gasteiger partial charge in [0.2, 0.25) is 0 Å². The summed E-state index contributed by atoms with van der Waals surface area (Å²) in [5.74, 6) is 0. The van der Waals surface area contributed by atoms with E-state index < -0.39 is 6.10 Å². The minimum atomic E-state index is -0.621. The summed E-state index contributed by atoms with van der Waals surface area (Å²) >= 11 is 0. The van der Waals surface area contributed by atoms with Gasteiger partial charge in [0.15, 0.2) is 0 Å². The second kappa shape index (κ2) is 3.41. The fourth-order valence-corrected chi connectivity index (χ4v) is 0.913. The first-order valence-electron chi connectivity index (χ1n) is 3.14. The van der Waals surface area contributed by atoms with Crippen LogP contribution in [-0.2, 0) is 4.74 Å². The Balaban J connectivity index is 2.47. The quantitative estimate of drug-likeness (QED) is 0.328. The minimum Gasteiger partial charge on any atom is -0.390 e. The molecule has 0 aromatic heterocycles. The lowest BCUT2D eigenvalue weighted by Crippen LogP contribution is -2.34. The third-order valence-electron chi connectivity index (χ3n) is 1.49. The smallest absolute Gasteiger partial charge is 0.0859 e. The van der Waals surface area contributed by atoms with Crippen LogP contribution in [0.15, 0.2) is 5.11 Å². The highest BCUT2D eigenvalue weighted by molar-refractivity contribution is 4.78. The standard InChI is InChI=1S/C5H9N3O2/c6-8-7-4-1-2-10-3-5(4)9/h4-5,9H,1-3H2/t4-,5+/m0/s1. The van der Waals surface area contributed by atoms with Crippen molar-refractivity contribution in [1.82, 2.24) is 0 Å². The Morgan fingerprint density at radius 1 is 1.70 bits per heavy atom. The lowest BCUT2D eigenvalue weighted by Gasteiger charge is -2.23. The molecule has 5 nitrogen and oxygen atoms in total. The summed E-state index contributed by atoms with van der Waals surface area (Å²) in [6.45, 7) is 0.852. The van der Waals surface area contributed by atoms with Crippen molar-refractivity contribution < 1.29 is 9.84 Å². The lowest BCUT2D eigenvalue weighted by molar-refractivity contribution is -0.0181. The van der Waals surface area contributed by atoms with Crippen molar-refractivity contribution in [2.24, 2.45) is 5.11 Å². The van der Waals surface area contributed by atoms with E-state index in [1.54, 1.807) is 0 Å². The molecule has 0 unspecified atom stereocenters. The maximum absolute atomic E-state index is 9.11. The summed E-state index contributed by atoms with van der Waals surface area (Å²) in [7, 11) is 0. The van der Waals surface area contributed by atoms with Crippen molar-refractivity contribution >= 4 is 0 Å². The number of aliphatic hydroxyl groups excluding tert-OH is 1. The summed E-state index contributed by atoms with van der Waals surface area (Å²) in [6, 6.07) is -0.293. The molecule has 1 fully saturated rings. The average molecular weight is 143 g/mol. The van der Waals surface area contributed by atoms with Crippen LogP contribution in [0.2, 0.25) is 0 Å². The molecule has 10 heavy (non-hydrogen) atoms. The molecule has 1 N–H and O–H groups in total. The highest BCUT2D eigenvalue weighted by Gasteiger charge is 2.21. The third-order valence-corrected chi connectivity index (χ3v) is 1.49. The van der Waals surface area contributed by atoms with Gasteiger partial charge >= 0.3 is 0 Å². The zero-order valence-electron chi connectivity index (χ0n) is 5.47. The summed E-state index contributed by atoms with van der Waals surface area (Å²) in [6.07, 6.45) is -0.00440. The fourth-order valence-electron chi connectivity index (χ4n) is 0.913. The number of aliphatic hydroxyl groups is 1. The van der Waals surface area contributed by atoms with Gasteiger partial charge in [-0.1, -0.05) is 5.11 Å². The molecule has 1 heterocycles. The number of hydrogen-bond donors (Lipinski definition) is 1.